The second kappa shape index (κ2) is 5.70. The van der Waals surface area contributed by atoms with Crippen LogP contribution in [0.4, 0.5) is 4.39 Å². The third-order valence-corrected chi connectivity index (χ3v) is 3.88. The summed E-state index contributed by atoms with van der Waals surface area (Å²) in [6.45, 7) is 2.14. The largest absolute Gasteiger partial charge is 0.508 e. The molecule has 0 fully saturated rings. The number of rotatable bonds is 5. The van der Waals surface area contributed by atoms with Crippen molar-refractivity contribution in [1.29, 1.82) is 0 Å². The van der Waals surface area contributed by atoms with Crippen molar-refractivity contribution in [1.82, 2.24) is 0 Å². The van der Waals surface area contributed by atoms with Gasteiger partial charge in [-0.2, -0.15) is 0 Å². The van der Waals surface area contributed by atoms with Crippen LogP contribution in [-0.4, -0.2) is 11.1 Å². The molecule has 1 aliphatic rings. The van der Waals surface area contributed by atoms with Gasteiger partial charge in [0.1, 0.15) is 11.6 Å². The molecule has 2 unspecified atom stereocenters. The fourth-order valence-electron chi connectivity index (χ4n) is 2.93. The Morgan fingerprint density at radius 1 is 1.39 bits per heavy atom. The number of benzene rings is 1. The van der Waals surface area contributed by atoms with Crippen LogP contribution in [-0.2, 0) is 12.8 Å². The van der Waals surface area contributed by atoms with Gasteiger partial charge in [0.2, 0.25) is 0 Å². The summed E-state index contributed by atoms with van der Waals surface area (Å²) in [7, 11) is 0. The van der Waals surface area contributed by atoms with E-state index in [2.05, 4.69) is 6.92 Å². The summed E-state index contributed by atoms with van der Waals surface area (Å²) in [6.07, 6.45) is 5.92. The second-order valence-electron chi connectivity index (χ2n) is 5.47. The minimum absolute atomic E-state index is 0.0367. The molecule has 3 heteroatoms. The van der Waals surface area contributed by atoms with E-state index in [1.165, 1.54) is 6.07 Å². The van der Waals surface area contributed by atoms with Gasteiger partial charge in [0, 0.05) is 12.1 Å². The molecule has 0 saturated carbocycles. The van der Waals surface area contributed by atoms with Crippen molar-refractivity contribution in [3.8, 4) is 5.75 Å². The summed E-state index contributed by atoms with van der Waals surface area (Å²) < 4.78 is 13.7. The fraction of sp³-hybridized carbons (Fsp3) is 0.600. The topological polar surface area (TPSA) is 46.2 Å². The first kappa shape index (κ1) is 13.3. The Hall–Kier alpha value is -1.09. The average molecular weight is 251 g/mol. The lowest BCUT2D eigenvalue weighted by atomic mass is 9.96. The van der Waals surface area contributed by atoms with Crippen LogP contribution in [0.1, 0.15) is 43.7 Å². The average Bonchev–Trinajstić information content (AvgIpc) is 2.70. The molecule has 2 atom stereocenters. The Kier molecular flexibility index (Phi) is 4.23. The van der Waals surface area contributed by atoms with Gasteiger partial charge < -0.3 is 10.8 Å². The van der Waals surface area contributed by atoms with Crippen LogP contribution in [0.2, 0.25) is 0 Å². The molecule has 18 heavy (non-hydrogen) atoms. The smallest absolute Gasteiger partial charge is 0.130 e. The number of hydrogen-bond donors (Lipinski definition) is 2. The monoisotopic (exact) mass is 251 g/mol. The molecule has 0 amide bonds. The lowest BCUT2D eigenvalue weighted by Gasteiger charge is -2.13. The van der Waals surface area contributed by atoms with Gasteiger partial charge in [-0.15, -0.1) is 0 Å². The highest BCUT2D eigenvalue weighted by Gasteiger charge is 2.25. The van der Waals surface area contributed by atoms with Crippen molar-refractivity contribution in [3.05, 3.63) is 29.1 Å². The van der Waals surface area contributed by atoms with E-state index in [4.69, 9.17) is 5.73 Å². The van der Waals surface area contributed by atoms with Crippen molar-refractivity contribution >= 4 is 0 Å². The molecule has 2 rings (SSSR count). The van der Waals surface area contributed by atoms with Crippen LogP contribution in [0.25, 0.3) is 0 Å². The van der Waals surface area contributed by atoms with Crippen LogP contribution < -0.4 is 5.73 Å². The molecule has 1 aliphatic carbocycles. The molecule has 100 valence electrons. The second-order valence-corrected chi connectivity index (χ2v) is 5.47. The van der Waals surface area contributed by atoms with E-state index < -0.39 is 0 Å². The summed E-state index contributed by atoms with van der Waals surface area (Å²) in [6, 6.07) is 3.19. The Bertz CT molecular complexity index is 419. The number of fused-ring (bicyclic) bond motifs is 1. The van der Waals surface area contributed by atoms with Gasteiger partial charge in [0.15, 0.2) is 0 Å². The molecule has 0 aliphatic heterocycles. The number of halogens is 1. The summed E-state index contributed by atoms with van der Waals surface area (Å²) in [4.78, 5) is 0. The molecule has 1 aromatic carbocycles. The zero-order valence-corrected chi connectivity index (χ0v) is 11.0. The van der Waals surface area contributed by atoms with Gasteiger partial charge >= 0.3 is 0 Å². The van der Waals surface area contributed by atoms with Crippen LogP contribution in [0.3, 0.4) is 0 Å². The highest BCUT2D eigenvalue weighted by molar-refractivity contribution is 5.39. The first-order valence-corrected chi connectivity index (χ1v) is 6.86. The van der Waals surface area contributed by atoms with E-state index >= 15 is 0 Å². The quantitative estimate of drug-likeness (QED) is 0.844. The summed E-state index contributed by atoms with van der Waals surface area (Å²) in [5.74, 6) is 0.263. The normalized spacial score (nSPS) is 19.8. The maximum atomic E-state index is 13.7. The Balaban J connectivity index is 1.92. The van der Waals surface area contributed by atoms with Crippen LogP contribution >= 0.6 is 0 Å². The minimum atomic E-state index is -0.259. The van der Waals surface area contributed by atoms with Gasteiger partial charge in [0.05, 0.1) is 0 Å². The van der Waals surface area contributed by atoms with Crippen molar-refractivity contribution in [2.75, 3.05) is 0 Å². The van der Waals surface area contributed by atoms with Crippen molar-refractivity contribution in [3.63, 3.8) is 0 Å². The number of phenols is 1. The summed E-state index contributed by atoms with van der Waals surface area (Å²) in [5.41, 5.74) is 7.77. The number of phenolic OH excluding ortho intramolecular Hbond substituents is 1. The molecular weight excluding hydrogens is 229 g/mol. The molecule has 0 saturated heterocycles. The first-order valence-electron chi connectivity index (χ1n) is 6.86. The van der Waals surface area contributed by atoms with Gasteiger partial charge in [-0.3, -0.25) is 0 Å². The minimum Gasteiger partial charge on any atom is -0.508 e. The van der Waals surface area contributed by atoms with Crippen LogP contribution in [0, 0.1) is 11.7 Å². The maximum absolute atomic E-state index is 13.7. The van der Waals surface area contributed by atoms with E-state index in [9.17, 15) is 9.50 Å². The fourth-order valence-corrected chi connectivity index (χ4v) is 2.93. The summed E-state index contributed by atoms with van der Waals surface area (Å²) in [5, 5.41) is 9.39. The molecule has 2 nitrogen and oxygen atoms in total. The standard InChI is InChI=1S/C15H22FNO/c1-2-3-12(17)5-4-10-6-11-8-13(18)9-15(16)14(11)7-10/h8-10,12,18H,2-7,17H2,1H3. The van der Waals surface area contributed by atoms with Gasteiger partial charge in [-0.05, 0) is 55.2 Å². The third kappa shape index (κ3) is 3.02. The van der Waals surface area contributed by atoms with Crippen molar-refractivity contribution in [2.45, 2.75) is 51.5 Å². The lowest BCUT2D eigenvalue weighted by Crippen LogP contribution is -2.20. The predicted octanol–water partition coefficient (Wildman–Crippen LogP) is 3.15. The zero-order chi connectivity index (χ0) is 13.1. The van der Waals surface area contributed by atoms with E-state index in [1.807, 2.05) is 0 Å². The number of aromatic hydroxyl groups is 1. The maximum Gasteiger partial charge on any atom is 0.130 e. The molecule has 1 aromatic rings. The highest BCUT2D eigenvalue weighted by Crippen LogP contribution is 2.34. The predicted molar refractivity (Wildman–Crippen MR) is 71.1 cm³/mol. The molecule has 0 spiro atoms. The first-order chi connectivity index (χ1) is 8.60. The van der Waals surface area contributed by atoms with Crippen LogP contribution in [0.5, 0.6) is 5.75 Å². The zero-order valence-electron chi connectivity index (χ0n) is 11.0. The van der Waals surface area contributed by atoms with Gasteiger partial charge in [-0.1, -0.05) is 13.3 Å². The lowest BCUT2D eigenvalue weighted by molar-refractivity contribution is 0.439. The van der Waals surface area contributed by atoms with Crippen LogP contribution in [0.15, 0.2) is 12.1 Å². The van der Waals surface area contributed by atoms with E-state index in [0.717, 1.165) is 49.7 Å². The van der Waals surface area contributed by atoms with Gasteiger partial charge in [0.25, 0.3) is 0 Å². The molecule has 3 N–H and O–H groups in total. The van der Waals surface area contributed by atoms with E-state index in [0.29, 0.717) is 5.92 Å². The molecule has 0 heterocycles. The Morgan fingerprint density at radius 3 is 2.89 bits per heavy atom. The number of hydrogen-bond acceptors (Lipinski definition) is 2. The Morgan fingerprint density at radius 2 is 2.17 bits per heavy atom. The third-order valence-electron chi connectivity index (χ3n) is 3.88. The molecule has 0 aromatic heterocycles. The van der Waals surface area contributed by atoms with E-state index in [-0.39, 0.29) is 17.6 Å². The summed E-state index contributed by atoms with van der Waals surface area (Å²) >= 11 is 0. The SMILES string of the molecule is CCCC(N)CCC1Cc2cc(O)cc(F)c2C1. The van der Waals surface area contributed by atoms with Gasteiger partial charge in [-0.25, -0.2) is 4.39 Å². The molecule has 0 bridgehead atoms. The Labute approximate surface area is 108 Å². The van der Waals surface area contributed by atoms with Crippen molar-refractivity contribution in [2.24, 2.45) is 11.7 Å². The molecular formula is C15H22FNO. The van der Waals surface area contributed by atoms with Crippen molar-refractivity contribution < 1.29 is 9.50 Å². The van der Waals surface area contributed by atoms with E-state index in [1.54, 1.807) is 6.07 Å². The molecule has 0 radical (unpaired) electrons. The number of nitrogens with two attached hydrogens (primary N) is 1. The highest BCUT2D eigenvalue weighted by atomic mass is 19.1.